The van der Waals surface area contributed by atoms with Gasteiger partial charge in [-0.3, -0.25) is 14.6 Å². The van der Waals surface area contributed by atoms with Crippen molar-refractivity contribution in [1.29, 1.82) is 5.26 Å². The number of nitrogens with one attached hydrogen (secondary N) is 3. The molecule has 1 atom stereocenters. The number of nitriles is 1. The molecule has 196 valence electrons. The Kier molecular flexibility index (Phi) is 9.55. The van der Waals surface area contributed by atoms with E-state index in [0.29, 0.717) is 34.8 Å². The number of carbonyl (C=O) groups is 3. The first-order chi connectivity index (χ1) is 18.2. The van der Waals surface area contributed by atoms with Gasteiger partial charge < -0.3 is 26.8 Å². The minimum absolute atomic E-state index is 0.00250. The summed E-state index contributed by atoms with van der Waals surface area (Å²) >= 11 is 4.66. The molecule has 0 radical (unpaired) electrons. The molecule has 0 spiro atoms. The van der Waals surface area contributed by atoms with Crippen LogP contribution in [0.25, 0.3) is 11.3 Å². The SMILES string of the molecule is CC(=O)Nc1ccc(-c2nc(C(S)c3cccc(CCC(=O)NCCNC(=O)O)n3)nc(N)c2C#N)cc1. The zero-order chi connectivity index (χ0) is 27.7. The number of nitrogen functional groups attached to an aromatic ring is 1. The van der Waals surface area contributed by atoms with E-state index < -0.39 is 11.3 Å². The summed E-state index contributed by atoms with van der Waals surface area (Å²) in [5, 5.41) is 25.0. The van der Waals surface area contributed by atoms with E-state index in [2.05, 4.69) is 43.5 Å². The molecule has 0 bridgehead atoms. The molecule has 0 saturated heterocycles. The zero-order valence-corrected chi connectivity index (χ0v) is 21.3. The van der Waals surface area contributed by atoms with Crippen molar-refractivity contribution in [3.05, 3.63) is 65.2 Å². The fraction of sp³-hybridized carbons (Fsp3) is 0.240. The van der Waals surface area contributed by atoms with E-state index in [-0.39, 0.29) is 48.5 Å². The number of hydrogen-bond donors (Lipinski definition) is 6. The molecule has 38 heavy (non-hydrogen) atoms. The molecule has 2 heterocycles. The summed E-state index contributed by atoms with van der Waals surface area (Å²) < 4.78 is 0. The Morgan fingerprint density at radius 3 is 2.45 bits per heavy atom. The number of aromatic nitrogens is 3. The molecule has 1 unspecified atom stereocenters. The lowest BCUT2D eigenvalue weighted by atomic mass is 10.1. The van der Waals surface area contributed by atoms with Crippen LogP contribution in [0.5, 0.6) is 0 Å². The highest BCUT2D eigenvalue weighted by Gasteiger charge is 2.21. The maximum atomic E-state index is 12.0. The molecule has 0 aliphatic carbocycles. The second-order valence-electron chi connectivity index (χ2n) is 8.10. The first-order valence-electron chi connectivity index (χ1n) is 11.5. The smallest absolute Gasteiger partial charge is 0.404 e. The van der Waals surface area contributed by atoms with Gasteiger partial charge in [-0.15, -0.1) is 0 Å². The summed E-state index contributed by atoms with van der Waals surface area (Å²) in [6.07, 6.45) is -0.629. The Morgan fingerprint density at radius 1 is 1.08 bits per heavy atom. The number of thiol groups is 1. The van der Waals surface area contributed by atoms with Gasteiger partial charge in [0, 0.05) is 43.4 Å². The number of aryl methyl sites for hydroxylation is 1. The van der Waals surface area contributed by atoms with Gasteiger partial charge in [0.05, 0.1) is 11.4 Å². The normalized spacial score (nSPS) is 11.2. The van der Waals surface area contributed by atoms with Crippen LogP contribution in [0.15, 0.2) is 42.5 Å². The number of amides is 3. The van der Waals surface area contributed by atoms with Crippen molar-refractivity contribution in [3.8, 4) is 17.3 Å². The highest BCUT2D eigenvalue weighted by atomic mass is 32.1. The van der Waals surface area contributed by atoms with Crippen molar-refractivity contribution in [2.75, 3.05) is 24.1 Å². The Morgan fingerprint density at radius 2 is 1.79 bits per heavy atom. The second-order valence-corrected chi connectivity index (χ2v) is 8.62. The molecule has 0 fully saturated rings. The molecule has 3 aromatic rings. The molecule has 0 saturated carbocycles. The topological polar surface area (TPSA) is 196 Å². The Balaban J connectivity index is 1.77. The van der Waals surface area contributed by atoms with Crippen LogP contribution in [-0.2, 0) is 16.0 Å². The molecule has 3 amide bonds. The van der Waals surface area contributed by atoms with E-state index in [1.807, 2.05) is 6.07 Å². The van der Waals surface area contributed by atoms with Crippen molar-refractivity contribution >= 4 is 42.0 Å². The average molecular weight is 535 g/mol. The third kappa shape index (κ3) is 7.65. The standard InChI is InChI=1S/C25H26N8O4S/c1-14(34)30-17-7-5-15(6-8-17)21-18(13-26)23(27)33-24(32-21)22(38)19-4-2-3-16(31-19)9-10-20(35)28-11-12-29-25(36)37/h2-8,22,29,38H,9-12H2,1H3,(H,28,35)(H,30,34)(H,36,37)(H2,27,32,33). The first kappa shape index (κ1) is 27.9. The number of benzene rings is 1. The molecular weight excluding hydrogens is 508 g/mol. The lowest BCUT2D eigenvalue weighted by Crippen LogP contribution is -2.34. The predicted molar refractivity (Wildman–Crippen MR) is 143 cm³/mol. The monoisotopic (exact) mass is 534 g/mol. The zero-order valence-electron chi connectivity index (χ0n) is 20.4. The molecular formula is C25H26N8O4S. The van der Waals surface area contributed by atoms with Gasteiger partial charge in [0.1, 0.15) is 28.5 Å². The van der Waals surface area contributed by atoms with Crippen LogP contribution in [0, 0.1) is 11.3 Å². The summed E-state index contributed by atoms with van der Waals surface area (Å²) in [6, 6.07) is 14.2. The van der Waals surface area contributed by atoms with Crippen LogP contribution >= 0.6 is 12.6 Å². The Bertz CT molecular complexity index is 1370. The fourth-order valence-electron chi connectivity index (χ4n) is 3.48. The fourth-order valence-corrected chi connectivity index (χ4v) is 3.73. The van der Waals surface area contributed by atoms with Crippen LogP contribution in [0.2, 0.25) is 0 Å². The number of nitrogens with two attached hydrogens (primary N) is 1. The number of anilines is 2. The van der Waals surface area contributed by atoms with Crippen LogP contribution in [0.1, 0.15) is 41.4 Å². The quantitative estimate of drug-likeness (QED) is 0.167. The number of hydrogen-bond acceptors (Lipinski definition) is 9. The van der Waals surface area contributed by atoms with E-state index in [1.54, 1.807) is 42.5 Å². The lowest BCUT2D eigenvalue weighted by molar-refractivity contribution is -0.121. The van der Waals surface area contributed by atoms with Crippen molar-refractivity contribution in [1.82, 2.24) is 25.6 Å². The number of carbonyl (C=O) groups excluding carboxylic acids is 2. The maximum Gasteiger partial charge on any atom is 0.404 e. The van der Waals surface area contributed by atoms with E-state index in [1.165, 1.54) is 6.92 Å². The van der Waals surface area contributed by atoms with Crippen LogP contribution in [0.4, 0.5) is 16.3 Å². The molecule has 0 aliphatic rings. The van der Waals surface area contributed by atoms with Gasteiger partial charge in [0.2, 0.25) is 11.8 Å². The van der Waals surface area contributed by atoms with E-state index in [9.17, 15) is 19.6 Å². The third-order valence-electron chi connectivity index (χ3n) is 5.23. The van der Waals surface area contributed by atoms with E-state index in [0.717, 1.165) is 0 Å². The molecule has 1 aromatic carbocycles. The van der Waals surface area contributed by atoms with Gasteiger partial charge in [0.25, 0.3) is 0 Å². The molecule has 3 rings (SSSR count). The highest BCUT2D eigenvalue weighted by molar-refractivity contribution is 7.80. The van der Waals surface area contributed by atoms with Crippen LogP contribution in [-0.4, -0.2) is 51.1 Å². The minimum atomic E-state index is -1.15. The van der Waals surface area contributed by atoms with Crippen molar-refractivity contribution in [2.24, 2.45) is 0 Å². The van der Waals surface area contributed by atoms with E-state index >= 15 is 0 Å². The molecule has 13 heteroatoms. The minimum Gasteiger partial charge on any atom is -0.465 e. The predicted octanol–water partition coefficient (Wildman–Crippen LogP) is 2.29. The molecule has 2 aromatic heterocycles. The van der Waals surface area contributed by atoms with Crippen LogP contribution < -0.4 is 21.7 Å². The first-order valence-corrected chi connectivity index (χ1v) is 12.0. The summed E-state index contributed by atoms with van der Waals surface area (Å²) in [5.74, 6) is -0.184. The molecule has 6 N–H and O–H groups in total. The van der Waals surface area contributed by atoms with Crippen molar-refractivity contribution < 1.29 is 19.5 Å². The van der Waals surface area contributed by atoms with Gasteiger partial charge in [-0.1, -0.05) is 18.2 Å². The van der Waals surface area contributed by atoms with Gasteiger partial charge in [-0.2, -0.15) is 17.9 Å². The van der Waals surface area contributed by atoms with Gasteiger partial charge in [-0.25, -0.2) is 14.8 Å². The van der Waals surface area contributed by atoms with Crippen molar-refractivity contribution in [3.63, 3.8) is 0 Å². The number of nitrogens with zero attached hydrogens (tertiary/aromatic N) is 4. The Hall–Kier alpha value is -4.70. The number of pyridine rings is 1. The van der Waals surface area contributed by atoms with E-state index in [4.69, 9.17) is 10.8 Å². The lowest BCUT2D eigenvalue weighted by Gasteiger charge is -2.14. The Labute approximate surface area is 224 Å². The number of carboxylic acid groups (broad SMARTS) is 1. The highest BCUT2D eigenvalue weighted by Crippen LogP contribution is 2.31. The molecule has 12 nitrogen and oxygen atoms in total. The second kappa shape index (κ2) is 13.0. The molecule has 0 aliphatic heterocycles. The number of rotatable bonds is 10. The van der Waals surface area contributed by atoms with Gasteiger partial charge >= 0.3 is 6.09 Å². The van der Waals surface area contributed by atoms with Crippen LogP contribution in [0.3, 0.4) is 0 Å². The summed E-state index contributed by atoms with van der Waals surface area (Å²) in [5.41, 5.74) is 8.93. The van der Waals surface area contributed by atoms with Gasteiger partial charge in [-0.05, 0) is 30.7 Å². The van der Waals surface area contributed by atoms with Crippen molar-refractivity contribution in [2.45, 2.75) is 25.0 Å². The maximum absolute atomic E-state index is 12.0. The third-order valence-corrected chi connectivity index (χ3v) is 5.72. The summed E-state index contributed by atoms with van der Waals surface area (Å²) in [7, 11) is 0. The largest absolute Gasteiger partial charge is 0.465 e. The average Bonchev–Trinajstić information content (AvgIpc) is 2.89. The van der Waals surface area contributed by atoms with Gasteiger partial charge in [0.15, 0.2) is 0 Å². The summed E-state index contributed by atoms with van der Waals surface area (Å²) in [4.78, 5) is 47.2. The summed E-state index contributed by atoms with van der Waals surface area (Å²) in [6.45, 7) is 1.71.